The summed E-state index contributed by atoms with van der Waals surface area (Å²) in [4.78, 5) is 23.0. The molecule has 6 heteroatoms. The number of hydrogen-bond donors (Lipinski definition) is 1. The Morgan fingerprint density at radius 2 is 1.93 bits per heavy atom. The molecular weight excluding hydrogens is 380 g/mol. The Kier molecular flexibility index (Phi) is 4.72. The van der Waals surface area contributed by atoms with Crippen molar-refractivity contribution in [3.63, 3.8) is 0 Å². The van der Waals surface area contributed by atoms with Crippen LogP contribution in [0.3, 0.4) is 0 Å². The molecule has 146 valence electrons. The molecule has 0 aliphatic heterocycles. The molecule has 0 saturated heterocycles. The lowest BCUT2D eigenvalue weighted by Gasteiger charge is -2.29. The van der Waals surface area contributed by atoms with Crippen LogP contribution in [-0.4, -0.2) is 19.6 Å². The summed E-state index contributed by atoms with van der Waals surface area (Å²) >= 11 is 1.76. The Morgan fingerprint density at radius 1 is 1.10 bits per heavy atom. The maximum atomic E-state index is 12.6. The van der Waals surface area contributed by atoms with Gasteiger partial charge in [-0.05, 0) is 42.9 Å². The van der Waals surface area contributed by atoms with E-state index in [0.29, 0.717) is 23.3 Å². The summed E-state index contributed by atoms with van der Waals surface area (Å²) in [6.07, 6.45) is 3.88. The van der Waals surface area contributed by atoms with Gasteiger partial charge in [-0.1, -0.05) is 48.9 Å². The maximum absolute atomic E-state index is 12.6. The summed E-state index contributed by atoms with van der Waals surface area (Å²) in [5, 5.41) is 3.05. The summed E-state index contributed by atoms with van der Waals surface area (Å²) in [6, 6.07) is 17.9. The van der Waals surface area contributed by atoms with E-state index in [1.807, 2.05) is 30.3 Å². The summed E-state index contributed by atoms with van der Waals surface area (Å²) in [6.45, 7) is 2.20. The number of hydrogen-bond acceptors (Lipinski definition) is 4. The quantitative estimate of drug-likeness (QED) is 0.480. The summed E-state index contributed by atoms with van der Waals surface area (Å²) < 4.78 is 1.41. The number of aryl methyl sites for hydroxylation is 1. The van der Waals surface area contributed by atoms with Crippen LogP contribution in [0.1, 0.15) is 42.0 Å². The molecule has 29 heavy (non-hydrogen) atoms. The maximum Gasteiger partial charge on any atom is 0.274 e. The van der Waals surface area contributed by atoms with E-state index < -0.39 is 0 Å². The average molecular weight is 403 g/mol. The van der Waals surface area contributed by atoms with Crippen molar-refractivity contribution in [2.45, 2.75) is 42.8 Å². The molecule has 2 aromatic heterocycles. The zero-order valence-electron chi connectivity index (χ0n) is 16.3. The Hall–Kier alpha value is -2.86. The molecule has 1 aliphatic carbocycles. The number of benzene rings is 2. The van der Waals surface area contributed by atoms with Gasteiger partial charge >= 0.3 is 0 Å². The minimum Gasteiger partial charge on any atom is -0.271 e. The number of nitrogens with one attached hydrogen (secondary N) is 1. The van der Waals surface area contributed by atoms with E-state index in [2.05, 4.69) is 40.2 Å². The fraction of sp³-hybridized carbons (Fsp3) is 0.261. The van der Waals surface area contributed by atoms with Crippen molar-refractivity contribution >= 4 is 17.5 Å². The third-order valence-electron chi connectivity index (χ3n) is 5.60. The van der Waals surface area contributed by atoms with Gasteiger partial charge in [0.1, 0.15) is 0 Å². The van der Waals surface area contributed by atoms with E-state index >= 15 is 0 Å². The van der Waals surface area contributed by atoms with Gasteiger partial charge in [0.05, 0.1) is 5.69 Å². The van der Waals surface area contributed by atoms with Gasteiger partial charge in [0, 0.05) is 22.3 Å². The van der Waals surface area contributed by atoms with Crippen molar-refractivity contribution in [2.75, 3.05) is 0 Å². The van der Waals surface area contributed by atoms with Gasteiger partial charge < -0.3 is 0 Å². The van der Waals surface area contributed by atoms with Gasteiger partial charge in [-0.25, -0.2) is 4.98 Å². The fourth-order valence-corrected chi connectivity index (χ4v) is 4.99. The van der Waals surface area contributed by atoms with Crippen LogP contribution in [0.2, 0.25) is 0 Å². The smallest absolute Gasteiger partial charge is 0.271 e. The van der Waals surface area contributed by atoms with Crippen LogP contribution >= 0.6 is 11.8 Å². The highest BCUT2D eigenvalue weighted by Crippen LogP contribution is 2.42. The predicted molar refractivity (Wildman–Crippen MR) is 116 cm³/mol. The molecule has 0 atom stereocenters. The highest BCUT2D eigenvalue weighted by molar-refractivity contribution is 7.98. The molecule has 0 amide bonds. The third-order valence-corrected chi connectivity index (χ3v) is 6.71. The standard InChI is InChI=1S/C23H22N4OS/c1-15-7-5-12-19(21(15)16-10-6-11-16)29-14-18-13-20(28)27-23(24-18)25-22(26-27)17-8-3-2-4-9-17/h2-5,7-9,12-13,16H,6,10-11,14H2,1H3,(H,24,25,26). The van der Waals surface area contributed by atoms with Crippen LogP contribution in [0.25, 0.3) is 17.2 Å². The Bertz CT molecular complexity index is 1220. The van der Waals surface area contributed by atoms with Crippen molar-refractivity contribution in [1.29, 1.82) is 0 Å². The van der Waals surface area contributed by atoms with E-state index in [1.165, 1.54) is 39.8 Å². The van der Waals surface area contributed by atoms with Crippen LogP contribution in [0.5, 0.6) is 0 Å². The van der Waals surface area contributed by atoms with Crippen molar-refractivity contribution < 1.29 is 0 Å². The van der Waals surface area contributed by atoms with Crippen molar-refractivity contribution in [3.8, 4) is 11.4 Å². The second kappa shape index (κ2) is 7.52. The van der Waals surface area contributed by atoms with Gasteiger partial charge in [-0.2, -0.15) is 9.50 Å². The minimum atomic E-state index is -0.135. The number of fused-ring (bicyclic) bond motifs is 1. The van der Waals surface area contributed by atoms with Gasteiger partial charge in [-0.15, -0.1) is 11.8 Å². The number of thioether (sulfide) groups is 1. The number of aromatic nitrogens is 4. The minimum absolute atomic E-state index is 0.135. The van der Waals surface area contributed by atoms with Gasteiger partial charge in [0.2, 0.25) is 0 Å². The summed E-state index contributed by atoms with van der Waals surface area (Å²) in [7, 11) is 0. The molecule has 1 fully saturated rings. The Morgan fingerprint density at radius 3 is 2.69 bits per heavy atom. The molecule has 2 heterocycles. The van der Waals surface area contributed by atoms with Crippen LogP contribution in [0.4, 0.5) is 0 Å². The molecular formula is C23H22N4OS. The van der Waals surface area contributed by atoms with E-state index in [1.54, 1.807) is 17.8 Å². The SMILES string of the molecule is Cc1cccc(SCc2cc(=O)n3[nH]c(-c4ccccc4)nc3n2)c1C1CCC1. The fourth-order valence-electron chi connectivity index (χ4n) is 3.88. The number of nitrogens with zero attached hydrogens (tertiary/aromatic N) is 3. The molecule has 5 nitrogen and oxygen atoms in total. The first kappa shape index (κ1) is 18.2. The highest BCUT2D eigenvalue weighted by atomic mass is 32.2. The summed E-state index contributed by atoms with van der Waals surface area (Å²) in [5.74, 6) is 2.39. The normalized spacial score (nSPS) is 14.2. The zero-order valence-corrected chi connectivity index (χ0v) is 17.1. The number of H-pyrrole nitrogens is 1. The lowest BCUT2D eigenvalue weighted by atomic mass is 9.78. The van der Waals surface area contributed by atoms with Crippen LogP contribution in [-0.2, 0) is 5.75 Å². The van der Waals surface area contributed by atoms with Crippen LogP contribution in [0, 0.1) is 6.92 Å². The summed E-state index contributed by atoms with van der Waals surface area (Å²) in [5.41, 5.74) is 4.39. The average Bonchev–Trinajstić information content (AvgIpc) is 3.13. The largest absolute Gasteiger partial charge is 0.274 e. The van der Waals surface area contributed by atoms with E-state index in [4.69, 9.17) is 0 Å². The van der Waals surface area contributed by atoms with Gasteiger partial charge in [-0.3, -0.25) is 9.89 Å². The Balaban J connectivity index is 1.43. The van der Waals surface area contributed by atoms with Crippen LogP contribution in [0.15, 0.2) is 64.3 Å². The van der Waals surface area contributed by atoms with Crippen molar-refractivity contribution in [3.05, 3.63) is 81.8 Å². The molecule has 4 aromatic rings. The first-order valence-electron chi connectivity index (χ1n) is 9.95. The number of rotatable bonds is 5. The molecule has 0 radical (unpaired) electrons. The second-order valence-corrected chi connectivity index (χ2v) is 8.58. The lowest BCUT2D eigenvalue weighted by molar-refractivity contribution is 0.413. The molecule has 0 bridgehead atoms. The number of aromatic amines is 1. The van der Waals surface area contributed by atoms with E-state index in [-0.39, 0.29) is 5.56 Å². The first-order chi connectivity index (χ1) is 14.2. The monoisotopic (exact) mass is 402 g/mol. The third kappa shape index (κ3) is 3.49. The van der Waals surface area contributed by atoms with Gasteiger partial charge in [0.15, 0.2) is 5.82 Å². The van der Waals surface area contributed by atoms with Gasteiger partial charge in [0.25, 0.3) is 11.3 Å². The molecule has 1 aliphatic rings. The van der Waals surface area contributed by atoms with E-state index in [0.717, 1.165) is 11.3 Å². The van der Waals surface area contributed by atoms with Crippen molar-refractivity contribution in [2.24, 2.45) is 0 Å². The van der Waals surface area contributed by atoms with Crippen LogP contribution < -0.4 is 5.56 Å². The first-order valence-corrected chi connectivity index (χ1v) is 10.9. The molecule has 2 aromatic carbocycles. The molecule has 5 rings (SSSR count). The highest BCUT2D eigenvalue weighted by Gasteiger charge is 2.24. The molecule has 0 unspecified atom stereocenters. The second-order valence-electron chi connectivity index (χ2n) is 7.56. The van der Waals surface area contributed by atoms with Crippen molar-refractivity contribution in [1.82, 2.24) is 19.6 Å². The lowest BCUT2D eigenvalue weighted by Crippen LogP contribution is -2.15. The van der Waals surface area contributed by atoms with E-state index in [9.17, 15) is 4.79 Å². The predicted octanol–water partition coefficient (Wildman–Crippen LogP) is 4.95. The zero-order chi connectivity index (χ0) is 19.8. The molecule has 1 N–H and O–H groups in total. The molecule has 0 spiro atoms. The Labute approximate surface area is 173 Å². The molecule has 1 saturated carbocycles. The topological polar surface area (TPSA) is 63.0 Å².